The fourth-order valence-corrected chi connectivity index (χ4v) is 2.63. The maximum atomic E-state index is 12.7. The molecule has 0 bridgehead atoms. The van der Waals surface area contributed by atoms with Gasteiger partial charge in [-0.15, -0.1) is 0 Å². The first kappa shape index (κ1) is 22.4. The van der Waals surface area contributed by atoms with Crippen molar-refractivity contribution in [3.63, 3.8) is 0 Å². The monoisotopic (exact) mass is 403 g/mol. The van der Waals surface area contributed by atoms with Crippen LogP contribution in [0.25, 0.3) is 0 Å². The fraction of sp³-hybridized carbons (Fsp3) is 0.529. The van der Waals surface area contributed by atoms with E-state index in [1.807, 2.05) is 6.92 Å². The number of carbonyl (C=O) groups is 2. The summed E-state index contributed by atoms with van der Waals surface area (Å²) in [5, 5.41) is 3.33. The molecular weight excluding hydrogens is 378 g/mol. The quantitative estimate of drug-likeness (QED) is 0.676. The molecule has 26 heavy (non-hydrogen) atoms. The predicted octanol–water partition coefficient (Wildman–Crippen LogP) is 1.47. The van der Waals surface area contributed by atoms with E-state index in [2.05, 4.69) is 5.32 Å². The molecule has 1 aromatic rings. The van der Waals surface area contributed by atoms with Gasteiger partial charge in [-0.25, -0.2) is 8.42 Å². The zero-order chi connectivity index (χ0) is 19.9. The molecule has 0 radical (unpaired) electrons. The molecule has 1 unspecified atom stereocenters. The average molecular weight is 404 g/mol. The number of likely N-dealkylation sites (N-methyl/N-ethyl adjacent to an activating group) is 1. The van der Waals surface area contributed by atoms with Crippen molar-refractivity contribution in [2.45, 2.75) is 32.9 Å². The van der Waals surface area contributed by atoms with Gasteiger partial charge < -0.3 is 10.2 Å². The molecule has 9 heteroatoms. The zero-order valence-corrected chi connectivity index (χ0v) is 17.1. The van der Waals surface area contributed by atoms with E-state index in [0.717, 1.165) is 22.5 Å². The Morgan fingerprint density at radius 3 is 2.31 bits per heavy atom. The maximum absolute atomic E-state index is 12.7. The van der Waals surface area contributed by atoms with Crippen molar-refractivity contribution < 1.29 is 18.0 Å². The summed E-state index contributed by atoms with van der Waals surface area (Å²) in [7, 11) is -2.17. The lowest BCUT2D eigenvalue weighted by atomic mass is 10.1. The minimum Gasteiger partial charge on any atom is -0.354 e. The minimum atomic E-state index is -3.50. The van der Waals surface area contributed by atoms with Crippen LogP contribution >= 0.6 is 11.6 Å². The van der Waals surface area contributed by atoms with Crippen LogP contribution in [0.4, 0.5) is 0 Å². The molecule has 1 rings (SSSR count). The van der Waals surface area contributed by atoms with Gasteiger partial charge in [0.25, 0.3) is 0 Å². The Hall–Kier alpha value is -1.64. The highest BCUT2D eigenvalue weighted by Gasteiger charge is 2.28. The Morgan fingerprint density at radius 2 is 1.81 bits per heavy atom. The molecule has 1 atom stereocenters. The Labute approximate surface area is 160 Å². The number of sulfonamides is 1. The van der Waals surface area contributed by atoms with Crippen molar-refractivity contribution in [1.82, 2.24) is 14.5 Å². The second kappa shape index (κ2) is 9.89. The molecule has 1 N–H and O–H groups in total. The molecule has 0 aliphatic rings. The Morgan fingerprint density at radius 1 is 1.23 bits per heavy atom. The first-order valence-electron chi connectivity index (χ1n) is 8.29. The van der Waals surface area contributed by atoms with Crippen LogP contribution in [0.2, 0.25) is 5.02 Å². The third-order valence-corrected chi connectivity index (χ3v) is 5.42. The van der Waals surface area contributed by atoms with Crippen molar-refractivity contribution in [3.8, 4) is 0 Å². The summed E-state index contributed by atoms with van der Waals surface area (Å²) in [6.07, 6.45) is 1.81. The molecule has 2 amide bonds. The SMILES string of the molecule is CCCNC(=O)C(C)N(Cc1ccc(Cl)cc1)C(=O)CN(C)S(C)(=O)=O. The summed E-state index contributed by atoms with van der Waals surface area (Å²) in [6, 6.07) is 6.19. The van der Waals surface area contributed by atoms with Gasteiger partial charge in [-0.05, 0) is 31.0 Å². The molecule has 7 nitrogen and oxygen atoms in total. The van der Waals surface area contributed by atoms with Crippen molar-refractivity contribution >= 4 is 33.4 Å². The standard InChI is InChI=1S/C17H26ClN3O4S/c1-5-10-19-17(23)13(2)21(11-14-6-8-15(18)9-7-14)16(22)12-20(3)26(4,24)25/h6-9,13H,5,10-12H2,1-4H3,(H,19,23). The third kappa shape index (κ3) is 6.93. The molecule has 0 saturated carbocycles. The van der Waals surface area contributed by atoms with E-state index in [1.165, 1.54) is 11.9 Å². The second-order valence-electron chi connectivity index (χ2n) is 6.13. The van der Waals surface area contributed by atoms with E-state index < -0.39 is 22.0 Å². The van der Waals surface area contributed by atoms with Crippen LogP contribution in [0.15, 0.2) is 24.3 Å². The van der Waals surface area contributed by atoms with E-state index in [-0.39, 0.29) is 19.0 Å². The Balaban J connectivity index is 3.01. The minimum absolute atomic E-state index is 0.175. The maximum Gasteiger partial charge on any atom is 0.242 e. The van der Waals surface area contributed by atoms with Crippen LogP contribution in [0.1, 0.15) is 25.8 Å². The van der Waals surface area contributed by atoms with E-state index in [9.17, 15) is 18.0 Å². The van der Waals surface area contributed by atoms with Gasteiger partial charge in [0.05, 0.1) is 12.8 Å². The predicted molar refractivity (Wildman–Crippen MR) is 102 cm³/mol. The summed E-state index contributed by atoms with van der Waals surface area (Å²) < 4.78 is 24.1. The van der Waals surface area contributed by atoms with Crippen molar-refractivity contribution in [2.75, 3.05) is 26.4 Å². The van der Waals surface area contributed by atoms with Gasteiger partial charge in [0.2, 0.25) is 21.8 Å². The summed E-state index contributed by atoms with van der Waals surface area (Å²) in [5.74, 6) is -0.733. The van der Waals surface area contributed by atoms with Crippen molar-refractivity contribution in [2.24, 2.45) is 0 Å². The highest BCUT2D eigenvalue weighted by atomic mass is 35.5. The molecule has 0 aliphatic carbocycles. The van der Waals surface area contributed by atoms with Gasteiger partial charge in [-0.2, -0.15) is 4.31 Å². The Kier molecular flexibility index (Phi) is 8.52. The molecule has 0 spiro atoms. The fourth-order valence-electron chi connectivity index (χ4n) is 2.16. The van der Waals surface area contributed by atoms with Gasteiger partial charge in [-0.3, -0.25) is 9.59 Å². The summed E-state index contributed by atoms with van der Waals surface area (Å²) in [5.41, 5.74) is 0.792. The van der Waals surface area contributed by atoms with Gasteiger partial charge in [0.15, 0.2) is 0 Å². The molecule has 0 aromatic heterocycles. The lowest BCUT2D eigenvalue weighted by Crippen LogP contribution is -2.50. The number of rotatable bonds is 9. The highest BCUT2D eigenvalue weighted by molar-refractivity contribution is 7.88. The van der Waals surface area contributed by atoms with Crippen LogP contribution in [-0.4, -0.2) is 61.9 Å². The number of halogens is 1. The van der Waals surface area contributed by atoms with Crippen LogP contribution in [-0.2, 0) is 26.2 Å². The molecule has 1 aromatic carbocycles. The number of carbonyl (C=O) groups excluding carboxylic acids is 2. The molecule has 0 aliphatic heterocycles. The summed E-state index contributed by atoms with van der Waals surface area (Å²) in [4.78, 5) is 26.4. The summed E-state index contributed by atoms with van der Waals surface area (Å²) in [6.45, 7) is 3.91. The van der Waals surface area contributed by atoms with E-state index in [4.69, 9.17) is 11.6 Å². The zero-order valence-electron chi connectivity index (χ0n) is 15.5. The van der Waals surface area contributed by atoms with Crippen LogP contribution in [0.5, 0.6) is 0 Å². The summed E-state index contributed by atoms with van der Waals surface area (Å²) >= 11 is 5.88. The number of benzene rings is 1. The Bertz CT molecular complexity index is 722. The average Bonchev–Trinajstić information content (AvgIpc) is 2.57. The van der Waals surface area contributed by atoms with Gasteiger partial charge >= 0.3 is 0 Å². The van der Waals surface area contributed by atoms with E-state index in [1.54, 1.807) is 31.2 Å². The highest BCUT2D eigenvalue weighted by Crippen LogP contribution is 2.14. The van der Waals surface area contributed by atoms with Gasteiger partial charge in [0, 0.05) is 25.2 Å². The number of nitrogens with zero attached hydrogens (tertiary/aromatic N) is 2. The largest absolute Gasteiger partial charge is 0.354 e. The molecule has 146 valence electrons. The van der Waals surface area contributed by atoms with Gasteiger partial charge in [0.1, 0.15) is 6.04 Å². The van der Waals surface area contributed by atoms with E-state index in [0.29, 0.717) is 11.6 Å². The second-order valence-corrected chi connectivity index (χ2v) is 8.66. The number of hydrogen-bond donors (Lipinski definition) is 1. The number of amides is 2. The lowest BCUT2D eigenvalue weighted by molar-refractivity contribution is -0.140. The third-order valence-electron chi connectivity index (χ3n) is 3.91. The lowest BCUT2D eigenvalue weighted by Gasteiger charge is -2.30. The first-order chi connectivity index (χ1) is 12.1. The number of nitrogens with one attached hydrogen (secondary N) is 1. The van der Waals surface area contributed by atoms with Gasteiger partial charge in [-0.1, -0.05) is 30.7 Å². The topological polar surface area (TPSA) is 86.8 Å². The van der Waals surface area contributed by atoms with Crippen molar-refractivity contribution in [1.29, 1.82) is 0 Å². The molecular formula is C17H26ClN3O4S. The van der Waals surface area contributed by atoms with Crippen molar-refractivity contribution in [3.05, 3.63) is 34.9 Å². The van der Waals surface area contributed by atoms with Crippen LogP contribution < -0.4 is 5.32 Å². The normalized spacial score (nSPS) is 12.7. The molecule has 0 fully saturated rings. The van der Waals surface area contributed by atoms with E-state index >= 15 is 0 Å². The first-order valence-corrected chi connectivity index (χ1v) is 10.5. The van der Waals surface area contributed by atoms with Crippen LogP contribution in [0.3, 0.4) is 0 Å². The smallest absolute Gasteiger partial charge is 0.242 e. The van der Waals surface area contributed by atoms with Crippen LogP contribution in [0, 0.1) is 0 Å². The molecule has 0 saturated heterocycles. The number of hydrogen-bond acceptors (Lipinski definition) is 4. The molecule has 0 heterocycles.